The first kappa shape index (κ1) is 28.7. The number of rotatable bonds is 6. The Morgan fingerprint density at radius 1 is 1.21 bits per heavy atom. The van der Waals surface area contributed by atoms with Gasteiger partial charge in [0.2, 0.25) is 0 Å². The lowest BCUT2D eigenvalue weighted by Crippen LogP contribution is -2.58. The van der Waals surface area contributed by atoms with Crippen LogP contribution in [0.15, 0.2) is 36.4 Å². The molecule has 0 aromatic heterocycles. The van der Waals surface area contributed by atoms with E-state index in [4.69, 9.17) is 22.1 Å². The Balaban J connectivity index is 0.00000272. The van der Waals surface area contributed by atoms with Crippen LogP contribution in [-0.4, -0.2) is 52.4 Å². The van der Waals surface area contributed by atoms with Crippen molar-refractivity contribution in [2.24, 2.45) is 0 Å². The van der Waals surface area contributed by atoms with Crippen LogP contribution in [0.25, 0.3) is 0 Å². The van der Waals surface area contributed by atoms with E-state index in [2.05, 4.69) is 4.90 Å². The molecule has 0 aliphatic carbocycles. The van der Waals surface area contributed by atoms with Gasteiger partial charge in [-0.25, -0.2) is 4.39 Å². The summed E-state index contributed by atoms with van der Waals surface area (Å²) in [6.07, 6.45) is 0. The van der Waals surface area contributed by atoms with E-state index in [0.717, 1.165) is 11.6 Å². The highest BCUT2D eigenvalue weighted by Crippen LogP contribution is 2.34. The van der Waals surface area contributed by atoms with Crippen molar-refractivity contribution in [1.82, 2.24) is 9.80 Å². The van der Waals surface area contributed by atoms with Crippen LogP contribution in [0.5, 0.6) is 5.75 Å². The highest BCUT2D eigenvalue weighted by atomic mass is 35.5. The molecule has 33 heavy (non-hydrogen) atoms. The molecular weight excluding hydrogens is 498 g/mol. The van der Waals surface area contributed by atoms with Crippen LogP contribution in [-0.2, 0) is 11.3 Å². The first-order valence-corrected chi connectivity index (χ1v) is 10.2. The fourth-order valence-electron chi connectivity index (χ4n) is 3.64. The number of amides is 1. The quantitative estimate of drug-likeness (QED) is 0.344. The Labute approximate surface area is 208 Å². The van der Waals surface area contributed by atoms with Crippen LogP contribution in [0.1, 0.15) is 19.4 Å². The van der Waals surface area contributed by atoms with Gasteiger partial charge in [-0.05, 0) is 37.6 Å². The molecule has 2 atom stereocenters. The average molecular weight is 524 g/mol. The molecule has 0 saturated carbocycles. The third kappa shape index (κ3) is 7.07. The molecule has 1 aliphatic rings. The number of piperazine rings is 1. The fourth-order valence-corrected chi connectivity index (χ4v) is 3.88. The number of anilines is 1. The maximum atomic E-state index is 13.1. The van der Waals surface area contributed by atoms with Gasteiger partial charge >= 0.3 is 0 Å². The molecule has 0 unspecified atom stereocenters. The smallest absolute Gasteiger partial charge is 0.291 e. The van der Waals surface area contributed by atoms with Crippen molar-refractivity contribution in [3.63, 3.8) is 0 Å². The minimum atomic E-state index is -0.638. The second kappa shape index (κ2) is 12.2. The number of nitrogen functional groups attached to an aromatic ring is 1. The number of carbonyl (C=O) groups excluding carboxylic acids is 1. The lowest BCUT2D eigenvalue weighted by molar-refractivity contribution is -0.384. The van der Waals surface area contributed by atoms with Gasteiger partial charge in [-0.1, -0.05) is 23.7 Å². The molecule has 2 aromatic carbocycles. The van der Waals surface area contributed by atoms with E-state index in [1.54, 1.807) is 17.0 Å². The van der Waals surface area contributed by atoms with E-state index in [-0.39, 0.29) is 77.4 Å². The number of carbonyl (C=O) groups is 1. The molecule has 1 aliphatic heterocycles. The second-order valence-electron chi connectivity index (χ2n) is 7.69. The number of nitrogens with zero attached hydrogens (tertiary/aromatic N) is 3. The van der Waals surface area contributed by atoms with Crippen molar-refractivity contribution in [3.8, 4) is 5.75 Å². The minimum Gasteiger partial charge on any atom is -0.481 e. The SMILES string of the molecule is C[C@@H]1CN(Cc2ccc(F)cc2)[C@@H](C)CN1C(=O)COc1cc([N+](=O)[O-])c(Cl)cc1N.Cl.Cl. The number of nitro groups is 1. The Bertz CT molecular complexity index is 981. The summed E-state index contributed by atoms with van der Waals surface area (Å²) in [5, 5.41) is 11.0. The summed E-state index contributed by atoms with van der Waals surface area (Å²) in [6, 6.07) is 8.77. The molecule has 3 rings (SSSR count). The first-order chi connectivity index (χ1) is 14.7. The Morgan fingerprint density at radius 2 is 1.85 bits per heavy atom. The van der Waals surface area contributed by atoms with Crippen molar-refractivity contribution in [2.75, 3.05) is 25.4 Å². The van der Waals surface area contributed by atoms with Gasteiger partial charge in [-0.2, -0.15) is 0 Å². The van der Waals surface area contributed by atoms with Crippen molar-refractivity contribution >= 4 is 53.7 Å². The number of nitrogens with two attached hydrogens (primary N) is 1. The molecule has 1 saturated heterocycles. The molecule has 182 valence electrons. The number of benzene rings is 2. The van der Waals surface area contributed by atoms with E-state index >= 15 is 0 Å². The van der Waals surface area contributed by atoms with Crippen LogP contribution in [0.4, 0.5) is 15.8 Å². The average Bonchev–Trinajstić information content (AvgIpc) is 2.71. The standard InChI is InChI=1S/C21H24ClFN4O4.2ClH/c1-13-10-26(14(2)9-25(13)11-15-3-5-16(23)6-4-15)21(28)12-31-20-8-19(27(29)30)17(22)7-18(20)24;;/h3-8,13-14H,9-12,24H2,1-2H3;2*1H/t13-,14+;;/m0../s1. The molecule has 2 aromatic rings. The molecule has 1 heterocycles. The van der Waals surface area contributed by atoms with Crippen LogP contribution in [0.2, 0.25) is 5.02 Å². The second-order valence-corrected chi connectivity index (χ2v) is 8.09. The third-order valence-electron chi connectivity index (χ3n) is 5.36. The largest absolute Gasteiger partial charge is 0.481 e. The lowest BCUT2D eigenvalue weighted by atomic mass is 10.1. The summed E-state index contributed by atoms with van der Waals surface area (Å²) in [4.78, 5) is 27.2. The highest BCUT2D eigenvalue weighted by molar-refractivity contribution is 6.33. The van der Waals surface area contributed by atoms with Crippen LogP contribution >= 0.6 is 36.4 Å². The number of hydrogen-bond donors (Lipinski definition) is 1. The van der Waals surface area contributed by atoms with Gasteiger partial charge in [-0.15, -0.1) is 24.8 Å². The highest BCUT2D eigenvalue weighted by Gasteiger charge is 2.32. The zero-order valence-electron chi connectivity index (χ0n) is 18.1. The zero-order chi connectivity index (χ0) is 22.7. The summed E-state index contributed by atoms with van der Waals surface area (Å²) >= 11 is 5.82. The summed E-state index contributed by atoms with van der Waals surface area (Å²) in [5.74, 6) is -0.467. The van der Waals surface area contributed by atoms with Crippen molar-refractivity contribution in [1.29, 1.82) is 0 Å². The van der Waals surface area contributed by atoms with Crippen LogP contribution in [0.3, 0.4) is 0 Å². The van der Waals surface area contributed by atoms with Gasteiger partial charge in [0.25, 0.3) is 11.6 Å². The molecule has 2 N–H and O–H groups in total. The van der Waals surface area contributed by atoms with E-state index in [0.29, 0.717) is 19.6 Å². The van der Waals surface area contributed by atoms with E-state index in [9.17, 15) is 19.3 Å². The van der Waals surface area contributed by atoms with Gasteiger partial charge in [0.1, 0.15) is 16.6 Å². The van der Waals surface area contributed by atoms with Crippen molar-refractivity contribution < 1.29 is 18.8 Å². The summed E-state index contributed by atoms with van der Waals surface area (Å²) in [6.45, 7) is 5.49. The Kier molecular flexibility index (Phi) is 10.6. The summed E-state index contributed by atoms with van der Waals surface area (Å²) < 4.78 is 18.6. The normalized spacial score (nSPS) is 18.1. The Morgan fingerprint density at radius 3 is 2.45 bits per heavy atom. The number of hydrogen-bond acceptors (Lipinski definition) is 6. The van der Waals surface area contributed by atoms with E-state index in [1.165, 1.54) is 18.2 Å². The monoisotopic (exact) mass is 522 g/mol. The fraction of sp³-hybridized carbons (Fsp3) is 0.381. The maximum Gasteiger partial charge on any atom is 0.291 e. The third-order valence-corrected chi connectivity index (χ3v) is 5.66. The van der Waals surface area contributed by atoms with Crippen molar-refractivity contribution in [3.05, 3.63) is 62.9 Å². The summed E-state index contributed by atoms with van der Waals surface area (Å²) in [5.41, 5.74) is 6.60. The van der Waals surface area contributed by atoms with Crippen molar-refractivity contribution in [2.45, 2.75) is 32.5 Å². The molecule has 1 fully saturated rings. The number of halogens is 4. The van der Waals surface area contributed by atoms with Gasteiger partial charge in [0.15, 0.2) is 6.61 Å². The molecule has 0 radical (unpaired) electrons. The molecule has 8 nitrogen and oxygen atoms in total. The predicted octanol–water partition coefficient (Wildman–Crippen LogP) is 4.31. The van der Waals surface area contributed by atoms with E-state index < -0.39 is 4.92 Å². The van der Waals surface area contributed by atoms with Gasteiger partial charge in [0, 0.05) is 31.7 Å². The van der Waals surface area contributed by atoms with Crippen LogP contribution in [0, 0.1) is 15.9 Å². The number of ether oxygens (including phenoxy) is 1. The molecule has 0 spiro atoms. The number of nitro benzene ring substituents is 1. The van der Waals surface area contributed by atoms with Gasteiger partial charge in [-0.3, -0.25) is 19.8 Å². The van der Waals surface area contributed by atoms with Gasteiger partial charge < -0.3 is 15.4 Å². The topological polar surface area (TPSA) is 102 Å². The van der Waals surface area contributed by atoms with Gasteiger partial charge in [0.05, 0.1) is 16.7 Å². The maximum absolute atomic E-state index is 13.1. The predicted molar refractivity (Wildman–Crippen MR) is 130 cm³/mol. The molecule has 1 amide bonds. The zero-order valence-corrected chi connectivity index (χ0v) is 20.5. The molecule has 0 bridgehead atoms. The Hall–Kier alpha value is -2.33. The molecular formula is C21H26Cl3FN4O4. The van der Waals surface area contributed by atoms with E-state index in [1.807, 2.05) is 13.8 Å². The minimum absolute atomic E-state index is 0. The first-order valence-electron chi connectivity index (χ1n) is 9.80. The lowest BCUT2D eigenvalue weighted by Gasteiger charge is -2.44. The summed E-state index contributed by atoms with van der Waals surface area (Å²) in [7, 11) is 0. The molecule has 12 heteroatoms. The van der Waals surface area contributed by atoms with Crippen LogP contribution < -0.4 is 10.5 Å².